The van der Waals surface area contributed by atoms with Gasteiger partial charge in [0.2, 0.25) is 0 Å². The molecule has 6 heteroatoms. The van der Waals surface area contributed by atoms with Crippen LogP contribution in [0.15, 0.2) is 53.4 Å². The second kappa shape index (κ2) is 5.70. The second-order valence-corrected chi connectivity index (χ2v) is 7.52. The Labute approximate surface area is 135 Å². The SMILES string of the molecule is C[C@@H]1CCN(S(=O)(=O)c2ccc(C(=O)O)cc2)c2ccccc21. The summed E-state index contributed by atoms with van der Waals surface area (Å²) in [5, 5.41) is 8.93. The van der Waals surface area contributed by atoms with E-state index in [4.69, 9.17) is 5.11 Å². The van der Waals surface area contributed by atoms with Crippen LogP contribution >= 0.6 is 0 Å². The predicted octanol–water partition coefficient (Wildman–Crippen LogP) is 3.09. The van der Waals surface area contributed by atoms with Gasteiger partial charge in [-0.1, -0.05) is 25.1 Å². The van der Waals surface area contributed by atoms with Gasteiger partial charge >= 0.3 is 5.97 Å². The molecule has 0 amide bonds. The van der Waals surface area contributed by atoms with E-state index >= 15 is 0 Å². The summed E-state index contributed by atoms with van der Waals surface area (Å²) < 4.78 is 27.2. The zero-order valence-corrected chi connectivity index (χ0v) is 13.5. The third-order valence-electron chi connectivity index (χ3n) is 4.19. The number of fused-ring (bicyclic) bond motifs is 1. The Bertz CT molecular complexity index is 843. The fourth-order valence-corrected chi connectivity index (χ4v) is 4.37. The van der Waals surface area contributed by atoms with Gasteiger partial charge in [-0.25, -0.2) is 13.2 Å². The lowest BCUT2D eigenvalue weighted by atomic mass is 9.93. The van der Waals surface area contributed by atoms with Gasteiger partial charge < -0.3 is 5.11 Å². The topological polar surface area (TPSA) is 74.7 Å². The molecule has 1 heterocycles. The smallest absolute Gasteiger partial charge is 0.335 e. The summed E-state index contributed by atoms with van der Waals surface area (Å²) in [6.07, 6.45) is 0.753. The molecule has 5 nitrogen and oxygen atoms in total. The number of carboxylic acid groups (broad SMARTS) is 1. The molecule has 0 aromatic heterocycles. The van der Waals surface area contributed by atoms with Gasteiger partial charge in [0, 0.05) is 6.54 Å². The highest BCUT2D eigenvalue weighted by atomic mass is 32.2. The number of para-hydroxylation sites is 1. The summed E-state index contributed by atoms with van der Waals surface area (Å²) >= 11 is 0. The molecular weight excluding hydrogens is 314 g/mol. The fourth-order valence-electron chi connectivity index (χ4n) is 2.86. The lowest BCUT2D eigenvalue weighted by molar-refractivity contribution is 0.0696. The molecule has 0 bridgehead atoms. The molecule has 0 fully saturated rings. The Morgan fingerprint density at radius 1 is 1.13 bits per heavy atom. The van der Waals surface area contributed by atoms with Crippen molar-refractivity contribution >= 4 is 21.7 Å². The van der Waals surface area contributed by atoms with Gasteiger partial charge in [0.05, 0.1) is 16.1 Å². The molecule has 0 saturated carbocycles. The summed E-state index contributed by atoms with van der Waals surface area (Å²) in [4.78, 5) is 11.0. The third-order valence-corrected chi connectivity index (χ3v) is 6.02. The highest BCUT2D eigenvalue weighted by Crippen LogP contribution is 2.37. The van der Waals surface area contributed by atoms with Crippen molar-refractivity contribution in [1.29, 1.82) is 0 Å². The van der Waals surface area contributed by atoms with Crippen molar-refractivity contribution in [2.24, 2.45) is 0 Å². The fraction of sp³-hybridized carbons (Fsp3) is 0.235. The zero-order valence-electron chi connectivity index (χ0n) is 12.6. The lowest BCUT2D eigenvalue weighted by Gasteiger charge is -2.33. The van der Waals surface area contributed by atoms with Crippen LogP contribution in [-0.4, -0.2) is 26.0 Å². The number of carboxylic acids is 1. The average Bonchev–Trinajstić information content (AvgIpc) is 2.55. The largest absolute Gasteiger partial charge is 0.478 e. The van der Waals surface area contributed by atoms with Crippen molar-refractivity contribution in [2.45, 2.75) is 24.2 Å². The minimum absolute atomic E-state index is 0.0663. The van der Waals surface area contributed by atoms with Gasteiger partial charge in [0.25, 0.3) is 10.0 Å². The highest BCUT2D eigenvalue weighted by molar-refractivity contribution is 7.92. The number of benzene rings is 2. The Hall–Kier alpha value is -2.34. The number of nitrogens with zero attached hydrogens (tertiary/aromatic N) is 1. The van der Waals surface area contributed by atoms with Crippen molar-refractivity contribution in [3.05, 3.63) is 59.7 Å². The Morgan fingerprint density at radius 3 is 2.43 bits per heavy atom. The number of hydrogen-bond donors (Lipinski definition) is 1. The molecule has 0 aliphatic carbocycles. The van der Waals surface area contributed by atoms with Crippen LogP contribution in [0.25, 0.3) is 0 Å². The number of anilines is 1. The van der Waals surface area contributed by atoms with E-state index in [-0.39, 0.29) is 10.5 Å². The number of carbonyl (C=O) groups is 1. The first-order chi connectivity index (χ1) is 10.9. The van der Waals surface area contributed by atoms with Crippen molar-refractivity contribution in [2.75, 3.05) is 10.8 Å². The van der Waals surface area contributed by atoms with Crippen molar-refractivity contribution < 1.29 is 18.3 Å². The van der Waals surface area contributed by atoms with Gasteiger partial charge in [-0.15, -0.1) is 0 Å². The minimum atomic E-state index is -3.70. The van der Waals surface area contributed by atoms with Crippen molar-refractivity contribution in [3.63, 3.8) is 0 Å². The minimum Gasteiger partial charge on any atom is -0.478 e. The molecule has 1 N–H and O–H groups in total. The normalized spacial score (nSPS) is 17.6. The third kappa shape index (κ3) is 2.70. The molecule has 0 saturated heterocycles. The second-order valence-electron chi connectivity index (χ2n) is 5.66. The van der Waals surface area contributed by atoms with Crippen LogP contribution in [0, 0.1) is 0 Å². The van der Waals surface area contributed by atoms with E-state index in [0.29, 0.717) is 18.2 Å². The first-order valence-electron chi connectivity index (χ1n) is 7.36. The average molecular weight is 331 g/mol. The molecule has 2 aromatic rings. The Balaban J connectivity index is 2.03. The predicted molar refractivity (Wildman–Crippen MR) is 87.4 cm³/mol. The van der Waals surface area contributed by atoms with Crippen LogP contribution in [0.4, 0.5) is 5.69 Å². The zero-order chi connectivity index (χ0) is 16.6. The molecule has 1 atom stereocenters. The van der Waals surface area contributed by atoms with Crippen molar-refractivity contribution in [3.8, 4) is 0 Å². The van der Waals surface area contributed by atoms with E-state index < -0.39 is 16.0 Å². The van der Waals surface area contributed by atoms with Crippen LogP contribution in [0.3, 0.4) is 0 Å². The number of sulfonamides is 1. The van der Waals surface area contributed by atoms with E-state index in [9.17, 15) is 13.2 Å². The molecule has 0 unspecified atom stereocenters. The van der Waals surface area contributed by atoms with Gasteiger partial charge in [-0.05, 0) is 48.2 Å². The molecule has 0 radical (unpaired) electrons. The van der Waals surface area contributed by atoms with Crippen LogP contribution in [-0.2, 0) is 10.0 Å². The first kappa shape index (κ1) is 15.6. The van der Waals surface area contributed by atoms with Crippen molar-refractivity contribution in [1.82, 2.24) is 0 Å². The number of aromatic carboxylic acids is 1. The van der Waals surface area contributed by atoms with E-state index in [2.05, 4.69) is 6.92 Å². The quantitative estimate of drug-likeness (QED) is 0.938. The Morgan fingerprint density at radius 2 is 1.78 bits per heavy atom. The number of rotatable bonds is 3. The molecular formula is C17H17NO4S. The van der Waals surface area contributed by atoms with Gasteiger partial charge in [-0.2, -0.15) is 0 Å². The highest BCUT2D eigenvalue weighted by Gasteiger charge is 2.31. The summed E-state index contributed by atoms with van der Waals surface area (Å²) in [5.74, 6) is -0.766. The van der Waals surface area contributed by atoms with E-state index in [1.807, 2.05) is 24.3 Å². The van der Waals surface area contributed by atoms with Crippen LogP contribution in [0.2, 0.25) is 0 Å². The molecule has 0 spiro atoms. The molecule has 2 aromatic carbocycles. The maximum absolute atomic E-state index is 12.9. The summed E-state index contributed by atoms with van der Waals surface area (Å²) in [7, 11) is -3.70. The maximum atomic E-state index is 12.9. The first-order valence-corrected chi connectivity index (χ1v) is 8.80. The van der Waals surface area contributed by atoms with Crippen LogP contribution < -0.4 is 4.31 Å². The van der Waals surface area contributed by atoms with Gasteiger partial charge in [0.15, 0.2) is 0 Å². The van der Waals surface area contributed by atoms with Gasteiger partial charge in [0.1, 0.15) is 0 Å². The van der Waals surface area contributed by atoms with E-state index in [0.717, 1.165) is 12.0 Å². The van der Waals surface area contributed by atoms with E-state index in [1.165, 1.54) is 28.6 Å². The summed E-state index contributed by atoms with van der Waals surface area (Å²) in [6, 6.07) is 12.8. The summed E-state index contributed by atoms with van der Waals surface area (Å²) in [6.45, 7) is 2.51. The molecule has 1 aliphatic rings. The molecule has 23 heavy (non-hydrogen) atoms. The van der Waals surface area contributed by atoms with Gasteiger partial charge in [-0.3, -0.25) is 4.31 Å². The van der Waals surface area contributed by atoms with Crippen LogP contribution in [0.5, 0.6) is 0 Å². The molecule has 120 valence electrons. The number of hydrogen-bond acceptors (Lipinski definition) is 3. The van der Waals surface area contributed by atoms with E-state index in [1.54, 1.807) is 0 Å². The molecule has 3 rings (SSSR count). The van der Waals surface area contributed by atoms with Crippen LogP contribution in [0.1, 0.15) is 35.2 Å². The summed E-state index contributed by atoms with van der Waals surface area (Å²) in [5.41, 5.74) is 1.79. The standard InChI is InChI=1S/C17H17NO4S/c1-12-10-11-18(16-5-3-2-4-15(12)16)23(21,22)14-8-6-13(7-9-14)17(19)20/h2-9,12H,10-11H2,1H3,(H,19,20)/t12-/m1/s1. The maximum Gasteiger partial charge on any atom is 0.335 e. The lowest BCUT2D eigenvalue weighted by Crippen LogP contribution is -2.36. The monoisotopic (exact) mass is 331 g/mol. The molecule has 1 aliphatic heterocycles. The Kier molecular flexibility index (Phi) is 3.85.